The molecule has 0 aliphatic heterocycles. The van der Waals surface area contributed by atoms with Crippen LogP contribution in [0.4, 0.5) is 26.3 Å². The van der Waals surface area contributed by atoms with E-state index in [1.807, 2.05) is 0 Å². The lowest BCUT2D eigenvalue weighted by Crippen LogP contribution is -2.45. The average Bonchev–Trinajstić information content (AvgIpc) is 2.52. The summed E-state index contributed by atoms with van der Waals surface area (Å²) in [6.07, 6.45) is -14.6. The van der Waals surface area contributed by atoms with Gasteiger partial charge in [0, 0.05) is 13.0 Å². The first-order valence-corrected chi connectivity index (χ1v) is 6.72. The topological polar surface area (TPSA) is 38.0 Å². The largest absolute Gasteiger partial charge is 0.403 e. The number of hydrogen-bond donors (Lipinski definition) is 1. The highest BCUT2D eigenvalue weighted by molar-refractivity contribution is 9.10. The summed E-state index contributed by atoms with van der Waals surface area (Å²) in [6, 6.07) is 0. The predicted molar refractivity (Wildman–Crippen MR) is 65.6 cm³/mol. The molecule has 1 unspecified atom stereocenters. The van der Waals surface area contributed by atoms with Crippen LogP contribution in [0.25, 0.3) is 0 Å². The van der Waals surface area contributed by atoms with E-state index >= 15 is 0 Å². The Kier molecular flexibility index (Phi) is 5.36. The van der Waals surface area contributed by atoms with E-state index in [1.54, 1.807) is 13.8 Å². The number of alkyl halides is 6. The van der Waals surface area contributed by atoms with Gasteiger partial charge in [-0.05, 0) is 29.8 Å². The van der Waals surface area contributed by atoms with Crippen LogP contribution in [0.2, 0.25) is 0 Å². The van der Waals surface area contributed by atoms with Crippen LogP contribution in [-0.4, -0.2) is 33.3 Å². The minimum Gasteiger partial charge on any atom is -0.392 e. The van der Waals surface area contributed by atoms with Gasteiger partial charge >= 0.3 is 12.4 Å². The van der Waals surface area contributed by atoms with E-state index in [2.05, 4.69) is 21.0 Å². The van der Waals surface area contributed by atoms with Crippen molar-refractivity contribution in [1.82, 2.24) is 9.78 Å². The molecule has 0 radical (unpaired) electrons. The van der Waals surface area contributed by atoms with E-state index in [1.165, 1.54) is 4.68 Å². The summed E-state index contributed by atoms with van der Waals surface area (Å²) in [5.74, 6) is -3.79. The van der Waals surface area contributed by atoms with Gasteiger partial charge in [-0.2, -0.15) is 31.4 Å². The molecule has 1 N–H and O–H groups in total. The fourth-order valence-corrected chi connectivity index (χ4v) is 2.45. The molecule has 3 nitrogen and oxygen atoms in total. The third-order valence-electron chi connectivity index (χ3n) is 2.95. The Labute approximate surface area is 125 Å². The van der Waals surface area contributed by atoms with Crippen LogP contribution < -0.4 is 0 Å². The van der Waals surface area contributed by atoms with Crippen molar-refractivity contribution in [3.05, 3.63) is 15.9 Å². The van der Waals surface area contributed by atoms with Gasteiger partial charge in [-0.15, -0.1) is 0 Å². The number of nitrogens with zero attached hydrogens (tertiary/aromatic N) is 2. The number of halogens is 7. The number of aryl methyl sites for hydroxylation is 2. The molecule has 0 fully saturated rings. The summed E-state index contributed by atoms with van der Waals surface area (Å²) in [5.41, 5.74) is 0.524. The summed E-state index contributed by atoms with van der Waals surface area (Å²) < 4.78 is 76.8. The van der Waals surface area contributed by atoms with Gasteiger partial charge in [-0.3, -0.25) is 4.68 Å². The molecule has 0 saturated heterocycles. The lowest BCUT2D eigenvalue weighted by molar-refractivity contribution is -0.305. The van der Waals surface area contributed by atoms with Gasteiger partial charge in [0.05, 0.1) is 22.0 Å². The molecule has 0 aliphatic rings. The molecule has 0 spiro atoms. The van der Waals surface area contributed by atoms with E-state index in [0.29, 0.717) is 10.2 Å². The molecule has 21 heavy (non-hydrogen) atoms. The molecule has 122 valence electrons. The molecular formula is C11H13BrF6N2O. The highest BCUT2D eigenvalue weighted by atomic mass is 79.9. The molecule has 0 aromatic carbocycles. The molecule has 0 bridgehead atoms. The van der Waals surface area contributed by atoms with Crippen molar-refractivity contribution in [2.45, 2.75) is 45.3 Å². The molecule has 1 heterocycles. The summed E-state index contributed by atoms with van der Waals surface area (Å²) in [5, 5.41) is 13.4. The van der Waals surface area contributed by atoms with Crippen LogP contribution >= 0.6 is 15.9 Å². The molecule has 10 heteroatoms. The lowest BCUT2D eigenvalue weighted by atomic mass is 9.97. The van der Waals surface area contributed by atoms with E-state index < -0.39 is 30.8 Å². The van der Waals surface area contributed by atoms with Gasteiger partial charge in [0.15, 0.2) is 5.92 Å². The van der Waals surface area contributed by atoms with Crippen molar-refractivity contribution < 1.29 is 31.4 Å². The highest BCUT2D eigenvalue weighted by Crippen LogP contribution is 2.42. The quantitative estimate of drug-likeness (QED) is 0.807. The van der Waals surface area contributed by atoms with Crippen LogP contribution in [0.15, 0.2) is 4.47 Å². The molecule has 1 rings (SSSR count). The normalized spacial score (nSPS) is 14.8. The minimum atomic E-state index is -5.57. The number of aliphatic hydroxyl groups excluding tert-OH is 1. The smallest absolute Gasteiger partial charge is 0.392 e. The Morgan fingerprint density at radius 1 is 1.19 bits per heavy atom. The standard InChI is InChI=1S/C11H13BrF6N2O/c1-3-20-6(8(12)5(2)19-20)4-7(21)9(10(13,14)15)11(16,17)18/h7,9,21H,3-4H2,1-2H3. The first-order valence-electron chi connectivity index (χ1n) is 5.92. The van der Waals surface area contributed by atoms with Gasteiger partial charge in [-0.1, -0.05) is 0 Å². The van der Waals surface area contributed by atoms with Crippen LogP contribution in [0.3, 0.4) is 0 Å². The van der Waals surface area contributed by atoms with Crippen LogP contribution in [-0.2, 0) is 13.0 Å². The van der Waals surface area contributed by atoms with E-state index in [-0.39, 0.29) is 12.2 Å². The molecular weight excluding hydrogens is 370 g/mol. The van der Waals surface area contributed by atoms with Gasteiger partial charge in [-0.25, -0.2) is 0 Å². The number of aliphatic hydroxyl groups is 1. The Balaban J connectivity index is 3.11. The zero-order valence-electron chi connectivity index (χ0n) is 11.1. The molecule has 0 amide bonds. The summed E-state index contributed by atoms with van der Waals surface area (Å²) in [6.45, 7) is 3.45. The fourth-order valence-electron chi connectivity index (χ4n) is 2.00. The van der Waals surface area contributed by atoms with Gasteiger partial charge in [0.25, 0.3) is 0 Å². The van der Waals surface area contributed by atoms with Crippen LogP contribution in [0, 0.1) is 12.8 Å². The van der Waals surface area contributed by atoms with E-state index in [4.69, 9.17) is 0 Å². The maximum absolute atomic E-state index is 12.5. The Bertz CT molecular complexity index is 482. The average molecular weight is 383 g/mol. The predicted octanol–water partition coefficient (Wildman–Crippen LogP) is 3.62. The van der Waals surface area contributed by atoms with Crippen molar-refractivity contribution in [2.75, 3.05) is 0 Å². The van der Waals surface area contributed by atoms with Crippen molar-refractivity contribution >= 4 is 15.9 Å². The van der Waals surface area contributed by atoms with Crippen molar-refractivity contribution in [3.8, 4) is 0 Å². The van der Waals surface area contributed by atoms with E-state index in [0.717, 1.165) is 0 Å². The highest BCUT2D eigenvalue weighted by Gasteiger charge is 2.60. The number of rotatable bonds is 4. The summed E-state index contributed by atoms with van der Waals surface area (Å²) >= 11 is 3.06. The summed E-state index contributed by atoms with van der Waals surface area (Å²) in [7, 11) is 0. The molecule has 0 saturated carbocycles. The van der Waals surface area contributed by atoms with Crippen molar-refractivity contribution in [3.63, 3.8) is 0 Å². The second-order valence-corrected chi connectivity index (χ2v) is 5.29. The third-order valence-corrected chi connectivity index (χ3v) is 3.98. The maximum atomic E-state index is 12.5. The molecule has 1 atom stereocenters. The maximum Gasteiger partial charge on any atom is 0.403 e. The van der Waals surface area contributed by atoms with Gasteiger partial charge in [0.2, 0.25) is 0 Å². The number of aromatic nitrogens is 2. The first-order chi connectivity index (χ1) is 9.39. The monoisotopic (exact) mass is 382 g/mol. The fraction of sp³-hybridized carbons (Fsp3) is 0.727. The zero-order chi connectivity index (χ0) is 16.6. The third kappa shape index (κ3) is 4.12. The minimum absolute atomic E-state index is 0.0981. The molecule has 0 aliphatic carbocycles. The SMILES string of the molecule is CCn1nc(C)c(Br)c1CC(O)C(C(F)(F)F)C(F)(F)F. The first kappa shape index (κ1) is 18.3. The second kappa shape index (κ2) is 6.15. The van der Waals surface area contributed by atoms with E-state index in [9.17, 15) is 31.4 Å². The summed E-state index contributed by atoms with van der Waals surface area (Å²) in [4.78, 5) is 0. The lowest BCUT2D eigenvalue weighted by Gasteiger charge is -2.27. The Morgan fingerprint density at radius 2 is 1.67 bits per heavy atom. The van der Waals surface area contributed by atoms with Gasteiger partial charge < -0.3 is 5.11 Å². The Hall–Kier alpha value is -0.770. The van der Waals surface area contributed by atoms with Crippen molar-refractivity contribution in [2.24, 2.45) is 5.92 Å². The zero-order valence-corrected chi connectivity index (χ0v) is 12.6. The number of hydrogen-bond acceptors (Lipinski definition) is 2. The van der Waals surface area contributed by atoms with Crippen LogP contribution in [0.5, 0.6) is 0 Å². The van der Waals surface area contributed by atoms with Gasteiger partial charge in [0.1, 0.15) is 0 Å². The second-order valence-electron chi connectivity index (χ2n) is 4.49. The van der Waals surface area contributed by atoms with Crippen molar-refractivity contribution in [1.29, 1.82) is 0 Å². The molecule has 1 aromatic heterocycles. The molecule has 1 aromatic rings. The van der Waals surface area contributed by atoms with Crippen LogP contribution in [0.1, 0.15) is 18.3 Å². The Morgan fingerprint density at radius 3 is 2.05 bits per heavy atom.